The fourth-order valence-electron chi connectivity index (χ4n) is 1.88. The van der Waals surface area contributed by atoms with Crippen molar-refractivity contribution >= 4 is 29.6 Å². The highest BCUT2D eigenvalue weighted by Crippen LogP contribution is 2.40. The Bertz CT molecular complexity index is 627. The van der Waals surface area contributed by atoms with E-state index in [1.807, 2.05) is 0 Å². The van der Waals surface area contributed by atoms with Crippen LogP contribution in [0.1, 0.15) is 12.5 Å². The molecule has 1 aliphatic heterocycles. The number of carbonyl (C=O) groups is 2. The zero-order valence-corrected chi connectivity index (χ0v) is 13.2. The minimum Gasteiger partial charge on any atom is -0.454 e. The van der Waals surface area contributed by atoms with E-state index in [1.165, 1.54) is 24.0 Å². The van der Waals surface area contributed by atoms with Gasteiger partial charge in [-0.3, -0.25) is 4.79 Å². The van der Waals surface area contributed by atoms with Crippen molar-refractivity contribution in [1.82, 2.24) is 4.90 Å². The largest absolute Gasteiger partial charge is 0.454 e. The second-order valence-electron chi connectivity index (χ2n) is 4.88. The number of carbonyl (C=O) groups excluding carboxylic acids is 2. The van der Waals surface area contributed by atoms with Gasteiger partial charge in [0.05, 0.1) is 5.02 Å². The van der Waals surface area contributed by atoms with Gasteiger partial charge >= 0.3 is 5.97 Å². The molecule has 0 saturated heterocycles. The number of likely N-dealkylation sites (N-methyl/N-ethyl adjacent to an activating group) is 1. The summed E-state index contributed by atoms with van der Waals surface area (Å²) in [4.78, 5) is 24.7. The Labute approximate surface area is 133 Å². The quantitative estimate of drug-likeness (QED) is 0.626. The Morgan fingerprint density at radius 2 is 2.09 bits per heavy atom. The lowest BCUT2D eigenvalue weighted by Crippen LogP contribution is -2.34. The van der Waals surface area contributed by atoms with Crippen molar-refractivity contribution in [3.8, 4) is 11.5 Å². The molecule has 2 rings (SSSR count). The number of nitrogens with zero attached hydrogens (tertiary/aromatic N) is 1. The van der Waals surface area contributed by atoms with Crippen LogP contribution in [0.2, 0.25) is 5.02 Å². The zero-order valence-electron chi connectivity index (χ0n) is 12.5. The molecule has 1 aliphatic rings. The summed E-state index contributed by atoms with van der Waals surface area (Å²) < 4.78 is 15.5. The van der Waals surface area contributed by atoms with Crippen molar-refractivity contribution in [1.29, 1.82) is 0 Å². The van der Waals surface area contributed by atoms with Crippen LogP contribution >= 0.6 is 11.6 Å². The summed E-state index contributed by atoms with van der Waals surface area (Å²) >= 11 is 6.05. The van der Waals surface area contributed by atoms with Gasteiger partial charge in [0.25, 0.3) is 5.91 Å². The lowest BCUT2D eigenvalue weighted by atomic mass is 10.2. The number of benzene rings is 1. The van der Waals surface area contributed by atoms with Crippen molar-refractivity contribution in [3.63, 3.8) is 0 Å². The Morgan fingerprint density at radius 1 is 1.36 bits per heavy atom. The van der Waals surface area contributed by atoms with Gasteiger partial charge in [-0.15, -0.1) is 0 Å². The maximum absolute atomic E-state index is 11.7. The van der Waals surface area contributed by atoms with E-state index in [2.05, 4.69) is 0 Å². The minimum atomic E-state index is -0.840. The minimum absolute atomic E-state index is 0.119. The van der Waals surface area contributed by atoms with Crippen molar-refractivity contribution in [3.05, 3.63) is 28.8 Å². The molecule has 7 heteroatoms. The maximum Gasteiger partial charge on any atom is 0.331 e. The summed E-state index contributed by atoms with van der Waals surface area (Å²) in [5.41, 5.74) is 0.665. The van der Waals surface area contributed by atoms with Crippen molar-refractivity contribution in [2.45, 2.75) is 13.0 Å². The van der Waals surface area contributed by atoms with E-state index in [-0.39, 0.29) is 12.7 Å². The van der Waals surface area contributed by atoms with Crippen LogP contribution in [-0.2, 0) is 14.3 Å². The number of amides is 1. The zero-order chi connectivity index (χ0) is 16.3. The maximum atomic E-state index is 11.7. The molecule has 0 radical (unpaired) electrons. The van der Waals surface area contributed by atoms with E-state index in [4.69, 9.17) is 25.8 Å². The van der Waals surface area contributed by atoms with Gasteiger partial charge in [0, 0.05) is 20.2 Å². The third-order valence-corrected chi connectivity index (χ3v) is 3.22. The number of esters is 1. The normalized spacial score (nSPS) is 14.0. The number of fused-ring (bicyclic) bond motifs is 1. The lowest BCUT2D eigenvalue weighted by Gasteiger charge is -2.16. The standard InChI is InChI=1S/C15H16ClNO5/c1-9(15(19)17(2)3)22-13(18)5-4-10-6-11(16)14-12(7-10)20-8-21-14/h4-7,9H,8H2,1-3H3/b5-4+/t9-/m0/s1. The monoisotopic (exact) mass is 325 g/mol. The summed E-state index contributed by atoms with van der Waals surface area (Å²) in [6.07, 6.45) is 1.92. The van der Waals surface area contributed by atoms with Gasteiger partial charge in [0.15, 0.2) is 17.6 Å². The molecule has 1 atom stereocenters. The van der Waals surface area contributed by atoms with E-state index < -0.39 is 12.1 Å². The summed E-state index contributed by atoms with van der Waals surface area (Å²) in [5, 5.41) is 0.402. The molecule has 1 aromatic carbocycles. The van der Waals surface area contributed by atoms with Crippen LogP contribution in [0.4, 0.5) is 0 Å². The summed E-state index contributed by atoms with van der Waals surface area (Å²) in [5.74, 6) is 0.118. The Kier molecular flexibility index (Phi) is 4.92. The molecular formula is C15H16ClNO5. The topological polar surface area (TPSA) is 65.1 Å². The third-order valence-electron chi connectivity index (χ3n) is 2.94. The summed E-state index contributed by atoms with van der Waals surface area (Å²) in [6.45, 7) is 1.64. The van der Waals surface area contributed by atoms with E-state index in [9.17, 15) is 9.59 Å². The average Bonchev–Trinajstić information content (AvgIpc) is 2.93. The lowest BCUT2D eigenvalue weighted by molar-refractivity contribution is -0.153. The number of rotatable bonds is 4. The molecular weight excluding hydrogens is 310 g/mol. The first-order valence-corrected chi connectivity index (χ1v) is 6.95. The smallest absolute Gasteiger partial charge is 0.331 e. The van der Waals surface area contributed by atoms with Gasteiger partial charge in [-0.05, 0) is 30.7 Å². The molecule has 22 heavy (non-hydrogen) atoms. The SMILES string of the molecule is C[C@H](OC(=O)/C=C/c1cc(Cl)c2c(c1)OCO2)C(=O)N(C)C. The molecule has 0 aromatic heterocycles. The van der Waals surface area contributed by atoms with E-state index in [0.717, 1.165) is 0 Å². The number of ether oxygens (including phenoxy) is 3. The van der Waals surface area contributed by atoms with Crippen LogP contribution < -0.4 is 9.47 Å². The molecule has 118 valence electrons. The van der Waals surface area contributed by atoms with Crippen molar-refractivity contribution in [2.75, 3.05) is 20.9 Å². The van der Waals surface area contributed by atoms with Crippen LogP contribution in [0.15, 0.2) is 18.2 Å². The first kappa shape index (κ1) is 16.2. The van der Waals surface area contributed by atoms with Crippen LogP contribution in [0.5, 0.6) is 11.5 Å². The first-order valence-electron chi connectivity index (χ1n) is 6.57. The van der Waals surface area contributed by atoms with Crippen LogP contribution in [0, 0.1) is 0 Å². The molecule has 1 heterocycles. The van der Waals surface area contributed by atoms with E-state index in [1.54, 1.807) is 26.2 Å². The van der Waals surface area contributed by atoms with Gasteiger partial charge in [-0.1, -0.05) is 11.6 Å². The van der Waals surface area contributed by atoms with Gasteiger partial charge in [-0.2, -0.15) is 0 Å². The highest BCUT2D eigenvalue weighted by atomic mass is 35.5. The number of halogens is 1. The highest BCUT2D eigenvalue weighted by Gasteiger charge is 2.19. The van der Waals surface area contributed by atoms with Crippen LogP contribution in [0.3, 0.4) is 0 Å². The molecule has 0 aliphatic carbocycles. The summed E-state index contributed by atoms with van der Waals surface area (Å²) in [7, 11) is 3.19. The fraction of sp³-hybridized carbons (Fsp3) is 0.333. The molecule has 1 amide bonds. The van der Waals surface area contributed by atoms with Gasteiger partial charge < -0.3 is 19.1 Å². The Hall–Kier alpha value is -2.21. The summed E-state index contributed by atoms with van der Waals surface area (Å²) in [6, 6.07) is 3.35. The number of hydrogen-bond acceptors (Lipinski definition) is 5. The predicted octanol–water partition coefficient (Wildman–Crippen LogP) is 2.10. The first-order chi connectivity index (χ1) is 10.4. The molecule has 0 unspecified atom stereocenters. The molecule has 0 N–H and O–H groups in total. The molecule has 0 bridgehead atoms. The third kappa shape index (κ3) is 3.71. The Balaban J connectivity index is 2.01. The van der Waals surface area contributed by atoms with Crippen molar-refractivity contribution < 1.29 is 23.8 Å². The highest BCUT2D eigenvalue weighted by molar-refractivity contribution is 6.32. The van der Waals surface area contributed by atoms with Gasteiger partial charge in [0.2, 0.25) is 6.79 Å². The average molecular weight is 326 g/mol. The fourth-order valence-corrected chi connectivity index (χ4v) is 2.15. The Morgan fingerprint density at radius 3 is 2.77 bits per heavy atom. The van der Waals surface area contributed by atoms with Crippen LogP contribution in [0.25, 0.3) is 6.08 Å². The second-order valence-corrected chi connectivity index (χ2v) is 5.29. The van der Waals surface area contributed by atoms with Crippen molar-refractivity contribution in [2.24, 2.45) is 0 Å². The molecule has 6 nitrogen and oxygen atoms in total. The second kappa shape index (κ2) is 6.70. The molecule has 1 aromatic rings. The molecule has 0 saturated carbocycles. The molecule has 0 fully saturated rings. The predicted molar refractivity (Wildman–Crippen MR) is 80.9 cm³/mol. The van der Waals surface area contributed by atoms with Gasteiger partial charge in [0.1, 0.15) is 0 Å². The van der Waals surface area contributed by atoms with Crippen LogP contribution in [-0.4, -0.2) is 43.8 Å². The van der Waals surface area contributed by atoms with Gasteiger partial charge in [-0.25, -0.2) is 4.79 Å². The van der Waals surface area contributed by atoms with E-state index in [0.29, 0.717) is 22.1 Å². The number of hydrogen-bond donors (Lipinski definition) is 0. The van der Waals surface area contributed by atoms with E-state index >= 15 is 0 Å². The molecule has 0 spiro atoms.